The average Bonchev–Trinajstić information content (AvgIpc) is 2.44. The second-order valence-corrected chi connectivity index (χ2v) is 4.16. The zero-order chi connectivity index (χ0) is 15.0. The summed E-state index contributed by atoms with van der Waals surface area (Å²) >= 11 is 0. The van der Waals surface area contributed by atoms with Crippen molar-refractivity contribution in [3.63, 3.8) is 0 Å². The summed E-state index contributed by atoms with van der Waals surface area (Å²) in [5.41, 5.74) is 0.613. The normalized spacial score (nSPS) is 9.95. The number of carbonyl (C=O) groups excluding carboxylic acids is 2. The highest BCUT2D eigenvalue weighted by Gasteiger charge is 2.14. The van der Waals surface area contributed by atoms with Gasteiger partial charge in [-0.25, -0.2) is 0 Å². The van der Waals surface area contributed by atoms with Crippen LogP contribution >= 0.6 is 0 Å². The number of hydrogen-bond donors (Lipinski definition) is 0. The van der Waals surface area contributed by atoms with E-state index in [1.54, 1.807) is 18.2 Å². The van der Waals surface area contributed by atoms with Crippen LogP contribution in [0.25, 0.3) is 0 Å². The Morgan fingerprint density at radius 2 is 1.90 bits per heavy atom. The van der Waals surface area contributed by atoms with Gasteiger partial charge >= 0.3 is 11.9 Å². The van der Waals surface area contributed by atoms with Gasteiger partial charge in [-0.15, -0.1) is 0 Å². The van der Waals surface area contributed by atoms with E-state index in [4.69, 9.17) is 14.2 Å². The molecule has 0 bridgehead atoms. The molecule has 0 spiro atoms. The summed E-state index contributed by atoms with van der Waals surface area (Å²) in [6.07, 6.45) is 1.39. The first-order valence-electron chi connectivity index (χ1n) is 6.34. The van der Waals surface area contributed by atoms with Crippen LogP contribution in [-0.4, -0.2) is 26.2 Å². The van der Waals surface area contributed by atoms with E-state index < -0.39 is 11.9 Å². The van der Waals surface area contributed by atoms with Crippen LogP contribution in [0.2, 0.25) is 0 Å². The molecule has 1 aromatic carbocycles. The fourth-order valence-corrected chi connectivity index (χ4v) is 1.66. The molecule has 0 saturated heterocycles. The van der Waals surface area contributed by atoms with Crippen molar-refractivity contribution in [3.05, 3.63) is 30.7 Å². The van der Waals surface area contributed by atoms with E-state index in [1.165, 1.54) is 14.2 Å². The summed E-state index contributed by atoms with van der Waals surface area (Å²) in [5.74, 6) is 0.0241. The van der Waals surface area contributed by atoms with Gasteiger partial charge in [0.2, 0.25) is 0 Å². The van der Waals surface area contributed by atoms with E-state index in [2.05, 4.69) is 6.92 Å². The number of esters is 2. The summed E-state index contributed by atoms with van der Waals surface area (Å²) < 4.78 is 15.0. The number of unbranched alkanes of at least 4 members (excludes halogenated alkanes) is 1. The number of carbonyl (C=O) groups is 2. The van der Waals surface area contributed by atoms with Crippen LogP contribution in [0.15, 0.2) is 18.2 Å². The van der Waals surface area contributed by atoms with Crippen LogP contribution in [0.5, 0.6) is 11.5 Å². The molecule has 0 aliphatic carbocycles. The van der Waals surface area contributed by atoms with Crippen LogP contribution in [0.4, 0.5) is 0 Å². The van der Waals surface area contributed by atoms with Gasteiger partial charge in [0.25, 0.3) is 0 Å². The van der Waals surface area contributed by atoms with Gasteiger partial charge in [0.15, 0.2) is 0 Å². The Morgan fingerprint density at radius 3 is 2.50 bits per heavy atom. The Hall–Kier alpha value is -2.04. The number of ether oxygens (including phenoxy) is 3. The van der Waals surface area contributed by atoms with Crippen molar-refractivity contribution in [1.82, 2.24) is 0 Å². The number of rotatable bonds is 7. The van der Waals surface area contributed by atoms with Crippen LogP contribution in [0.3, 0.4) is 0 Å². The lowest BCUT2D eigenvalue weighted by Crippen LogP contribution is -2.14. The molecule has 109 valence electrons. The van der Waals surface area contributed by atoms with Crippen molar-refractivity contribution >= 4 is 11.9 Å². The highest BCUT2D eigenvalue weighted by atomic mass is 16.6. The zero-order valence-corrected chi connectivity index (χ0v) is 11.8. The molecule has 0 aliphatic rings. The molecule has 0 aromatic heterocycles. The Balaban J connectivity index is 2.67. The second-order valence-electron chi connectivity index (χ2n) is 4.16. The largest absolute Gasteiger partial charge is 0.497 e. The summed E-state index contributed by atoms with van der Waals surface area (Å²) in [6.45, 7) is 3.62. The maximum absolute atomic E-state index is 11.7. The minimum Gasteiger partial charge on any atom is -0.497 e. The molecule has 0 amide bonds. The van der Waals surface area contributed by atoms with E-state index in [0.717, 1.165) is 0 Å². The summed E-state index contributed by atoms with van der Waals surface area (Å²) in [4.78, 5) is 23.1. The smallest absolute Gasteiger partial charge is 0.318 e. The van der Waals surface area contributed by atoms with Gasteiger partial charge in [-0.1, -0.05) is 13.3 Å². The topological polar surface area (TPSA) is 61.8 Å². The molecular weight excluding hydrogens is 260 g/mol. The minimum absolute atomic E-state index is 0.0452. The van der Waals surface area contributed by atoms with Gasteiger partial charge in [0.1, 0.15) is 11.5 Å². The average molecular weight is 279 g/mol. The van der Waals surface area contributed by atoms with Gasteiger partial charge in [-0.2, -0.15) is 0 Å². The molecule has 1 radical (unpaired) electrons. The van der Waals surface area contributed by atoms with Crippen molar-refractivity contribution in [3.8, 4) is 11.5 Å². The van der Waals surface area contributed by atoms with E-state index in [0.29, 0.717) is 29.9 Å². The first-order valence-corrected chi connectivity index (χ1v) is 6.34. The van der Waals surface area contributed by atoms with Crippen molar-refractivity contribution in [1.29, 1.82) is 0 Å². The minimum atomic E-state index is -0.606. The van der Waals surface area contributed by atoms with Crippen LogP contribution in [0.1, 0.15) is 24.8 Å². The van der Waals surface area contributed by atoms with E-state index in [9.17, 15) is 9.59 Å². The van der Waals surface area contributed by atoms with E-state index in [-0.39, 0.29) is 12.8 Å². The number of hydrogen-bond acceptors (Lipinski definition) is 5. The van der Waals surface area contributed by atoms with Gasteiger partial charge in [0, 0.05) is 12.0 Å². The predicted molar refractivity (Wildman–Crippen MR) is 73.6 cm³/mol. The highest BCUT2D eigenvalue weighted by molar-refractivity contribution is 5.86. The quantitative estimate of drug-likeness (QED) is 0.566. The predicted octanol–water partition coefficient (Wildman–Crippen LogP) is 2.32. The van der Waals surface area contributed by atoms with Gasteiger partial charge in [0.05, 0.1) is 20.6 Å². The molecule has 0 fully saturated rings. The molecule has 5 heteroatoms. The zero-order valence-electron chi connectivity index (χ0n) is 11.8. The molecule has 1 rings (SSSR count). The molecule has 0 atom stereocenters. The first-order chi connectivity index (χ1) is 9.60. The lowest BCUT2D eigenvalue weighted by molar-refractivity contribution is -0.159. The Morgan fingerprint density at radius 1 is 1.15 bits per heavy atom. The van der Waals surface area contributed by atoms with Crippen molar-refractivity contribution in [2.24, 2.45) is 0 Å². The van der Waals surface area contributed by atoms with Crippen LogP contribution in [0, 0.1) is 6.92 Å². The van der Waals surface area contributed by atoms with Crippen molar-refractivity contribution in [2.45, 2.75) is 25.7 Å². The maximum atomic E-state index is 11.7. The Bertz CT molecular complexity index is 467. The highest BCUT2D eigenvalue weighted by Crippen LogP contribution is 2.24. The molecular formula is C15H19O5. The summed E-state index contributed by atoms with van der Waals surface area (Å²) in [7, 11) is 3.04. The third-order valence-corrected chi connectivity index (χ3v) is 2.68. The van der Waals surface area contributed by atoms with E-state index in [1.807, 2.05) is 0 Å². The lowest BCUT2D eigenvalue weighted by Gasteiger charge is -2.09. The third kappa shape index (κ3) is 4.91. The van der Waals surface area contributed by atoms with E-state index >= 15 is 0 Å². The summed E-state index contributed by atoms with van der Waals surface area (Å²) in [6, 6.07) is 5.11. The molecule has 0 N–H and O–H groups in total. The molecule has 0 unspecified atom stereocenters. The van der Waals surface area contributed by atoms with Crippen LogP contribution < -0.4 is 9.47 Å². The van der Waals surface area contributed by atoms with Crippen molar-refractivity contribution < 1.29 is 23.8 Å². The Labute approximate surface area is 118 Å². The monoisotopic (exact) mass is 279 g/mol. The molecule has 0 aliphatic heterocycles. The molecule has 5 nitrogen and oxygen atoms in total. The third-order valence-electron chi connectivity index (χ3n) is 2.68. The van der Waals surface area contributed by atoms with Gasteiger partial charge < -0.3 is 14.2 Å². The number of benzene rings is 1. The van der Waals surface area contributed by atoms with Crippen LogP contribution in [-0.2, 0) is 20.7 Å². The molecule has 0 heterocycles. The lowest BCUT2D eigenvalue weighted by atomic mass is 10.1. The molecule has 0 saturated carbocycles. The SMILES string of the molecule is [CH2]CCCC(=O)OC(=O)Cc1cc(OC)ccc1OC. The fraction of sp³-hybridized carbons (Fsp3) is 0.400. The molecule has 1 aromatic rings. The molecule has 20 heavy (non-hydrogen) atoms. The van der Waals surface area contributed by atoms with Gasteiger partial charge in [-0.3, -0.25) is 9.59 Å². The Kier molecular flexibility index (Phi) is 6.56. The standard InChI is InChI=1S/C15H19O5/c1-4-5-6-14(16)20-15(17)10-11-9-12(18-2)7-8-13(11)19-3/h7-9H,1,4-6,10H2,2-3H3. The maximum Gasteiger partial charge on any atom is 0.318 e. The van der Waals surface area contributed by atoms with Crippen molar-refractivity contribution in [2.75, 3.05) is 14.2 Å². The number of methoxy groups -OCH3 is 2. The summed E-state index contributed by atoms with van der Waals surface area (Å²) in [5, 5.41) is 0. The second kappa shape index (κ2) is 8.19. The van der Waals surface area contributed by atoms with Gasteiger partial charge in [-0.05, 0) is 24.6 Å². The first kappa shape index (κ1) is 16.0. The fourth-order valence-electron chi connectivity index (χ4n) is 1.66.